The highest BCUT2D eigenvalue weighted by molar-refractivity contribution is 5.87. The van der Waals surface area contributed by atoms with Gasteiger partial charge in [-0.25, -0.2) is 5.43 Å². The molecule has 3 rings (SSSR count). The largest absolute Gasteiger partial charge is 0.454 e. The van der Waals surface area contributed by atoms with Crippen LogP contribution in [0.5, 0.6) is 11.5 Å². The van der Waals surface area contributed by atoms with E-state index in [2.05, 4.69) is 21.9 Å². The first kappa shape index (κ1) is 16.8. The van der Waals surface area contributed by atoms with Crippen LogP contribution in [0.3, 0.4) is 0 Å². The van der Waals surface area contributed by atoms with Crippen molar-refractivity contribution in [2.45, 2.75) is 26.8 Å². The van der Waals surface area contributed by atoms with E-state index in [9.17, 15) is 4.79 Å². The summed E-state index contributed by atoms with van der Waals surface area (Å²) in [6.07, 6.45) is 1.57. The van der Waals surface area contributed by atoms with E-state index < -0.39 is 6.04 Å². The monoisotopic (exact) mass is 339 g/mol. The minimum absolute atomic E-state index is 0.211. The number of nitrogens with one attached hydrogen (secondary N) is 2. The molecule has 0 radical (unpaired) electrons. The highest BCUT2D eigenvalue weighted by Gasteiger charge is 2.14. The van der Waals surface area contributed by atoms with Crippen LogP contribution in [0.4, 0.5) is 5.69 Å². The second-order valence-corrected chi connectivity index (χ2v) is 6.03. The lowest BCUT2D eigenvalue weighted by atomic mass is 10.1. The van der Waals surface area contributed by atoms with E-state index in [0.717, 1.165) is 16.8 Å². The van der Waals surface area contributed by atoms with E-state index in [4.69, 9.17) is 9.47 Å². The fraction of sp³-hybridized carbons (Fsp3) is 0.263. The zero-order valence-corrected chi connectivity index (χ0v) is 14.5. The highest BCUT2D eigenvalue weighted by Crippen LogP contribution is 2.31. The van der Waals surface area contributed by atoms with Crippen molar-refractivity contribution in [1.82, 2.24) is 5.43 Å². The fourth-order valence-electron chi connectivity index (χ4n) is 2.54. The number of nitrogens with zero attached hydrogens (tertiary/aromatic N) is 1. The van der Waals surface area contributed by atoms with Crippen molar-refractivity contribution in [2.75, 3.05) is 12.1 Å². The average molecular weight is 339 g/mol. The SMILES string of the molecule is Cc1ccc(NC(C)C(=O)NN=Cc2ccc3c(c2)OCO3)c(C)c1. The van der Waals surface area contributed by atoms with Gasteiger partial charge in [0.15, 0.2) is 11.5 Å². The van der Waals surface area contributed by atoms with Gasteiger partial charge >= 0.3 is 0 Å². The average Bonchev–Trinajstić information content (AvgIpc) is 3.05. The van der Waals surface area contributed by atoms with Crippen molar-refractivity contribution in [3.63, 3.8) is 0 Å². The topological polar surface area (TPSA) is 72.0 Å². The Bertz CT molecular complexity index is 818. The van der Waals surface area contributed by atoms with Crippen LogP contribution in [0.15, 0.2) is 41.5 Å². The molecule has 0 spiro atoms. The van der Waals surface area contributed by atoms with Crippen molar-refractivity contribution in [2.24, 2.45) is 5.10 Å². The van der Waals surface area contributed by atoms with E-state index in [1.165, 1.54) is 5.56 Å². The molecular formula is C19H21N3O3. The van der Waals surface area contributed by atoms with Gasteiger partial charge in [0.25, 0.3) is 5.91 Å². The van der Waals surface area contributed by atoms with Crippen LogP contribution in [-0.4, -0.2) is 25.0 Å². The number of amides is 1. The highest BCUT2D eigenvalue weighted by atomic mass is 16.7. The molecular weight excluding hydrogens is 318 g/mol. The normalized spacial score (nSPS) is 13.7. The molecule has 0 aliphatic carbocycles. The standard InChI is InChI=1S/C19H21N3O3/c1-12-4-6-16(13(2)8-12)21-14(3)19(23)22-20-10-15-5-7-17-18(9-15)25-11-24-17/h4-10,14,21H,11H2,1-3H3,(H,22,23). The number of ether oxygens (including phenoxy) is 2. The number of rotatable bonds is 5. The summed E-state index contributed by atoms with van der Waals surface area (Å²) in [5, 5.41) is 7.20. The van der Waals surface area contributed by atoms with Gasteiger partial charge in [0.2, 0.25) is 6.79 Å². The molecule has 1 heterocycles. The third kappa shape index (κ3) is 4.09. The van der Waals surface area contributed by atoms with Gasteiger partial charge in [-0.15, -0.1) is 0 Å². The summed E-state index contributed by atoms with van der Waals surface area (Å²) in [5.41, 5.74) is 6.59. The number of anilines is 1. The third-order valence-electron chi connectivity index (χ3n) is 3.93. The lowest BCUT2D eigenvalue weighted by Gasteiger charge is -2.15. The maximum absolute atomic E-state index is 12.2. The predicted molar refractivity (Wildman–Crippen MR) is 97.3 cm³/mol. The molecule has 6 nitrogen and oxygen atoms in total. The van der Waals surface area contributed by atoms with Gasteiger partial charge in [0.05, 0.1) is 6.21 Å². The first-order valence-electron chi connectivity index (χ1n) is 8.09. The summed E-state index contributed by atoms with van der Waals surface area (Å²) in [4.78, 5) is 12.2. The van der Waals surface area contributed by atoms with E-state index in [1.54, 1.807) is 13.1 Å². The second-order valence-electron chi connectivity index (χ2n) is 6.03. The van der Waals surface area contributed by atoms with Crippen molar-refractivity contribution >= 4 is 17.8 Å². The Kier molecular flexibility index (Phi) is 4.88. The smallest absolute Gasteiger partial charge is 0.262 e. The Morgan fingerprint density at radius 3 is 2.76 bits per heavy atom. The quantitative estimate of drug-likeness (QED) is 0.649. The Labute approximate surface area is 146 Å². The molecule has 1 aliphatic rings. The zero-order valence-electron chi connectivity index (χ0n) is 14.5. The number of hydrogen-bond donors (Lipinski definition) is 2. The maximum atomic E-state index is 12.2. The molecule has 1 aliphatic heterocycles. The molecule has 6 heteroatoms. The molecule has 0 bridgehead atoms. The number of carbonyl (C=O) groups is 1. The molecule has 1 unspecified atom stereocenters. The molecule has 2 N–H and O–H groups in total. The number of carbonyl (C=O) groups excluding carboxylic acids is 1. The predicted octanol–water partition coefficient (Wildman–Crippen LogP) is 2.98. The Morgan fingerprint density at radius 1 is 1.16 bits per heavy atom. The van der Waals surface area contributed by atoms with Gasteiger partial charge in [-0.2, -0.15) is 5.10 Å². The minimum atomic E-state index is -0.407. The molecule has 1 amide bonds. The van der Waals surface area contributed by atoms with Crippen LogP contribution in [0.2, 0.25) is 0 Å². The fourth-order valence-corrected chi connectivity index (χ4v) is 2.54. The van der Waals surface area contributed by atoms with E-state index in [0.29, 0.717) is 11.5 Å². The molecule has 2 aromatic rings. The lowest BCUT2D eigenvalue weighted by Crippen LogP contribution is -2.35. The molecule has 25 heavy (non-hydrogen) atoms. The van der Waals surface area contributed by atoms with Gasteiger partial charge in [0.1, 0.15) is 6.04 Å². The molecule has 1 atom stereocenters. The minimum Gasteiger partial charge on any atom is -0.454 e. The molecule has 130 valence electrons. The summed E-state index contributed by atoms with van der Waals surface area (Å²) < 4.78 is 10.6. The van der Waals surface area contributed by atoms with Gasteiger partial charge in [-0.05, 0) is 56.2 Å². The van der Waals surface area contributed by atoms with Crippen LogP contribution in [-0.2, 0) is 4.79 Å². The zero-order chi connectivity index (χ0) is 17.8. The van der Waals surface area contributed by atoms with E-state index in [1.807, 2.05) is 44.2 Å². The van der Waals surface area contributed by atoms with Gasteiger partial charge in [-0.3, -0.25) is 4.79 Å². The number of hydrogen-bond acceptors (Lipinski definition) is 5. The van der Waals surface area contributed by atoms with Crippen molar-refractivity contribution < 1.29 is 14.3 Å². The van der Waals surface area contributed by atoms with E-state index in [-0.39, 0.29) is 12.7 Å². The van der Waals surface area contributed by atoms with Crippen LogP contribution < -0.4 is 20.2 Å². The lowest BCUT2D eigenvalue weighted by molar-refractivity contribution is -0.121. The van der Waals surface area contributed by atoms with Gasteiger partial charge < -0.3 is 14.8 Å². The third-order valence-corrected chi connectivity index (χ3v) is 3.93. The number of fused-ring (bicyclic) bond motifs is 1. The Morgan fingerprint density at radius 2 is 1.96 bits per heavy atom. The van der Waals surface area contributed by atoms with Gasteiger partial charge in [-0.1, -0.05) is 17.7 Å². The molecule has 0 saturated heterocycles. The maximum Gasteiger partial charge on any atom is 0.262 e. The first-order chi connectivity index (χ1) is 12.0. The number of hydrazone groups is 1. The second kappa shape index (κ2) is 7.25. The summed E-state index contributed by atoms with van der Waals surface area (Å²) >= 11 is 0. The first-order valence-corrected chi connectivity index (χ1v) is 8.09. The number of aryl methyl sites for hydroxylation is 2. The van der Waals surface area contributed by atoms with Gasteiger partial charge in [0, 0.05) is 5.69 Å². The van der Waals surface area contributed by atoms with Crippen LogP contribution >= 0.6 is 0 Å². The van der Waals surface area contributed by atoms with E-state index >= 15 is 0 Å². The Balaban J connectivity index is 1.56. The number of benzene rings is 2. The summed E-state index contributed by atoms with van der Waals surface area (Å²) in [5.74, 6) is 1.18. The molecule has 0 aromatic heterocycles. The van der Waals surface area contributed by atoms with Crippen molar-refractivity contribution in [3.05, 3.63) is 53.1 Å². The molecule has 0 fully saturated rings. The summed E-state index contributed by atoms with van der Waals surface area (Å²) in [7, 11) is 0. The molecule has 0 saturated carbocycles. The van der Waals surface area contributed by atoms with Crippen molar-refractivity contribution in [1.29, 1.82) is 0 Å². The van der Waals surface area contributed by atoms with Crippen LogP contribution in [0.1, 0.15) is 23.6 Å². The molecule has 2 aromatic carbocycles. The summed E-state index contributed by atoms with van der Waals surface area (Å²) in [6, 6.07) is 11.1. The van der Waals surface area contributed by atoms with Crippen molar-refractivity contribution in [3.8, 4) is 11.5 Å². The summed E-state index contributed by atoms with van der Waals surface area (Å²) in [6.45, 7) is 6.08. The Hall–Kier alpha value is -3.02. The van der Waals surface area contributed by atoms with Crippen LogP contribution in [0, 0.1) is 13.8 Å². The van der Waals surface area contributed by atoms with Crippen LogP contribution in [0.25, 0.3) is 0 Å².